The van der Waals surface area contributed by atoms with Gasteiger partial charge >= 0.3 is 0 Å². The molecule has 0 spiro atoms. The third-order valence-corrected chi connectivity index (χ3v) is 10.1. The molecule has 3 rings (SSSR count). The maximum absolute atomic E-state index is 13.1. The minimum Gasteiger partial charge on any atom is -0.395 e. The molecule has 31 heavy (non-hydrogen) atoms. The SMILES string of the molecule is CC(C)CCCC(C)C1CCC2C3CCC(=O)C(C)(CCCNCCO)C3CCC12C. The van der Waals surface area contributed by atoms with E-state index in [0.717, 1.165) is 61.8 Å². The average Bonchev–Trinajstić information content (AvgIpc) is 3.07. The van der Waals surface area contributed by atoms with E-state index in [9.17, 15) is 4.79 Å². The fourth-order valence-electron chi connectivity index (χ4n) is 8.41. The Balaban J connectivity index is 1.65. The number of hydrogen-bond acceptors (Lipinski definition) is 3. The highest BCUT2D eigenvalue weighted by Crippen LogP contribution is 2.65. The van der Waals surface area contributed by atoms with Crippen LogP contribution in [0.1, 0.15) is 105 Å². The minimum atomic E-state index is -0.119. The number of aliphatic hydroxyl groups excluding tert-OH is 1. The minimum absolute atomic E-state index is 0.119. The molecule has 3 fully saturated rings. The molecule has 7 unspecified atom stereocenters. The number of carbonyl (C=O) groups is 1. The maximum Gasteiger partial charge on any atom is 0.139 e. The van der Waals surface area contributed by atoms with E-state index in [1.165, 1.54) is 44.9 Å². The summed E-state index contributed by atoms with van der Waals surface area (Å²) in [6, 6.07) is 0. The Kier molecular flexibility index (Phi) is 8.69. The smallest absolute Gasteiger partial charge is 0.139 e. The average molecular weight is 434 g/mol. The standard InChI is InChI=1S/C28H51NO2/c1-20(2)8-6-9-21(3)23-11-12-24-22-10-13-26(31)28(5,15-7-17-29-18-19-30)25(22)14-16-27(23,24)4/h20-25,29-30H,6-19H2,1-5H3. The molecule has 0 saturated heterocycles. The first-order valence-corrected chi connectivity index (χ1v) is 13.6. The number of aliphatic hydroxyl groups is 1. The predicted molar refractivity (Wildman–Crippen MR) is 130 cm³/mol. The highest BCUT2D eigenvalue weighted by Gasteiger charge is 2.59. The van der Waals surface area contributed by atoms with E-state index in [0.29, 0.717) is 23.7 Å². The molecule has 7 atom stereocenters. The molecule has 0 bridgehead atoms. The molecular formula is C28H51NO2. The van der Waals surface area contributed by atoms with Crippen LogP contribution in [0.15, 0.2) is 0 Å². The van der Waals surface area contributed by atoms with E-state index in [1.807, 2.05) is 0 Å². The largest absolute Gasteiger partial charge is 0.395 e. The van der Waals surface area contributed by atoms with E-state index in [-0.39, 0.29) is 12.0 Å². The lowest BCUT2D eigenvalue weighted by molar-refractivity contribution is -0.146. The second-order valence-corrected chi connectivity index (χ2v) is 12.4. The van der Waals surface area contributed by atoms with Gasteiger partial charge in [-0.05, 0) is 92.4 Å². The van der Waals surface area contributed by atoms with Crippen LogP contribution in [0, 0.1) is 46.3 Å². The quantitative estimate of drug-likeness (QED) is 0.379. The fourth-order valence-corrected chi connectivity index (χ4v) is 8.41. The summed E-state index contributed by atoms with van der Waals surface area (Å²) in [5.41, 5.74) is 0.383. The molecule has 3 heteroatoms. The number of Topliss-reactive ketones (excluding diaryl/α,β-unsaturated/α-hetero) is 1. The zero-order valence-corrected chi connectivity index (χ0v) is 21.2. The number of hydrogen-bond donors (Lipinski definition) is 2. The number of carbonyl (C=O) groups excluding carboxylic acids is 1. The van der Waals surface area contributed by atoms with Gasteiger partial charge in [-0.1, -0.05) is 53.9 Å². The summed E-state index contributed by atoms with van der Waals surface area (Å²) in [5, 5.41) is 12.3. The van der Waals surface area contributed by atoms with Crippen molar-refractivity contribution in [2.45, 2.75) is 105 Å². The van der Waals surface area contributed by atoms with Crippen molar-refractivity contribution in [2.75, 3.05) is 19.7 Å². The summed E-state index contributed by atoms with van der Waals surface area (Å²) in [4.78, 5) is 13.1. The van der Waals surface area contributed by atoms with Crippen LogP contribution in [0.5, 0.6) is 0 Å². The molecule has 3 aliphatic rings. The molecule has 0 amide bonds. The molecule has 0 aromatic rings. The molecule has 0 aromatic heterocycles. The van der Waals surface area contributed by atoms with Crippen LogP contribution in [0.25, 0.3) is 0 Å². The van der Waals surface area contributed by atoms with Crippen LogP contribution in [0.4, 0.5) is 0 Å². The molecule has 0 radical (unpaired) electrons. The molecule has 3 nitrogen and oxygen atoms in total. The normalized spacial score (nSPS) is 38.9. The van der Waals surface area contributed by atoms with E-state index in [2.05, 4.69) is 39.9 Å². The molecule has 180 valence electrons. The monoisotopic (exact) mass is 433 g/mol. The zero-order valence-electron chi connectivity index (χ0n) is 21.2. The van der Waals surface area contributed by atoms with Crippen LogP contribution >= 0.6 is 0 Å². The molecule has 0 aliphatic heterocycles. The summed E-state index contributed by atoms with van der Waals surface area (Å²) < 4.78 is 0. The lowest BCUT2D eigenvalue weighted by Crippen LogP contribution is -2.52. The molecule has 2 N–H and O–H groups in total. The Bertz CT molecular complexity index is 590. The van der Waals surface area contributed by atoms with E-state index in [4.69, 9.17) is 5.11 Å². The van der Waals surface area contributed by atoms with Gasteiger partial charge in [0.25, 0.3) is 0 Å². The summed E-state index contributed by atoms with van der Waals surface area (Å²) >= 11 is 0. The van der Waals surface area contributed by atoms with Crippen molar-refractivity contribution in [2.24, 2.45) is 46.3 Å². The van der Waals surface area contributed by atoms with Crippen molar-refractivity contribution >= 4 is 5.78 Å². The summed E-state index contributed by atoms with van der Waals surface area (Å²) in [7, 11) is 0. The lowest BCUT2D eigenvalue weighted by Gasteiger charge is -2.56. The van der Waals surface area contributed by atoms with Crippen molar-refractivity contribution in [1.82, 2.24) is 5.32 Å². The van der Waals surface area contributed by atoms with Crippen LogP contribution in [0.2, 0.25) is 0 Å². The van der Waals surface area contributed by atoms with Gasteiger partial charge in [-0.25, -0.2) is 0 Å². The van der Waals surface area contributed by atoms with Gasteiger partial charge in [0.05, 0.1) is 6.61 Å². The summed E-state index contributed by atoms with van der Waals surface area (Å²) in [6.45, 7) is 14.0. The van der Waals surface area contributed by atoms with Crippen LogP contribution < -0.4 is 5.32 Å². The third kappa shape index (κ3) is 5.24. The first-order chi connectivity index (χ1) is 14.7. The molecule has 0 heterocycles. The summed E-state index contributed by atoms with van der Waals surface area (Å²) in [6.07, 6.45) is 13.6. The van der Waals surface area contributed by atoms with Crippen molar-refractivity contribution in [3.8, 4) is 0 Å². The molecular weight excluding hydrogens is 382 g/mol. The zero-order chi connectivity index (χ0) is 22.6. The van der Waals surface area contributed by atoms with Gasteiger partial charge in [0, 0.05) is 18.4 Å². The van der Waals surface area contributed by atoms with E-state index < -0.39 is 0 Å². The Morgan fingerprint density at radius 2 is 1.77 bits per heavy atom. The van der Waals surface area contributed by atoms with Crippen molar-refractivity contribution in [3.63, 3.8) is 0 Å². The second kappa shape index (κ2) is 10.7. The number of nitrogens with one attached hydrogen (secondary N) is 1. The Morgan fingerprint density at radius 3 is 2.48 bits per heavy atom. The van der Waals surface area contributed by atoms with Gasteiger partial charge in [-0.3, -0.25) is 4.79 Å². The topological polar surface area (TPSA) is 49.3 Å². The maximum atomic E-state index is 13.1. The van der Waals surface area contributed by atoms with Crippen LogP contribution in [-0.2, 0) is 4.79 Å². The van der Waals surface area contributed by atoms with E-state index in [1.54, 1.807) is 0 Å². The number of rotatable bonds is 11. The first kappa shape index (κ1) is 25.2. The summed E-state index contributed by atoms with van der Waals surface area (Å²) in [5.74, 6) is 5.29. The fraction of sp³-hybridized carbons (Fsp3) is 0.964. The van der Waals surface area contributed by atoms with Gasteiger partial charge in [0.15, 0.2) is 0 Å². The predicted octanol–water partition coefficient (Wildman–Crippen LogP) is 6.24. The van der Waals surface area contributed by atoms with Crippen molar-refractivity contribution in [3.05, 3.63) is 0 Å². The first-order valence-electron chi connectivity index (χ1n) is 13.6. The Hall–Kier alpha value is -0.410. The van der Waals surface area contributed by atoms with Gasteiger partial charge in [0.2, 0.25) is 0 Å². The highest BCUT2D eigenvalue weighted by atomic mass is 16.3. The molecule has 0 aromatic carbocycles. The van der Waals surface area contributed by atoms with Crippen molar-refractivity contribution in [1.29, 1.82) is 0 Å². The van der Waals surface area contributed by atoms with Gasteiger partial charge < -0.3 is 10.4 Å². The van der Waals surface area contributed by atoms with Crippen molar-refractivity contribution < 1.29 is 9.90 Å². The number of fused-ring (bicyclic) bond motifs is 3. The second-order valence-electron chi connectivity index (χ2n) is 12.4. The lowest BCUT2D eigenvalue weighted by atomic mass is 9.48. The van der Waals surface area contributed by atoms with Gasteiger partial charge in [-0.2, -0.15) is 0 Å². The van der Waals surface area contributed by atoms with Gasteiger partial charge in [0.1, 0.15) is 5.78 Å². The van der Waals surface area contributed by atoms with Gasteiger partial charge in [-0.15, -0.1) is 0 Å². The number of ketones is 1. The molecule has 3 aliphatic carbocycles. The Labute approximate surface area is 192 Å². The van der Waals surface area contributed by atoms with E-state index >= 15 is 0 Å². The van der Waals surface area contributed by atoms with Crippen LogP contribution in [-0.4, -0.2) is 30.6 Å². The molecule has 3 saturated carbocycles. The van der Waals surface area contributed by atoms with Crippen LogP contribution in [0.3, 0.4) is 0 Å². The third-order valence-electron chi connectivity index (χ3n) is 10.1. The highest BCUT2D eigenvalue weighted by molar-refractivity contribution is 5.85. The Morgan fingerprint density at radius 1 is 1.00 bits per heavy atom.